The smallest absolute Gasteiger partial charge is 0.222 e. The van der Waals surface area contributed by atoms with Crippen molar-refractivity contribution in [3.8, 4) is 0 Å². The van der Waals surface area contributed by atoms with E-state index in [-0.39, 0.29) is 11.8 Å². The zero-order valence-electron chi connectivity index (χ0n) is 12.7. The van der Waals surface area contributed by atoms with Crippen LogP contribution >= 0.6 is 12.2 Å². The Balaban J connectivity index is 1.95. The van der Waals surface area contributed by atoms with Crippen molar-refractivity contribution in [2.24, 2.45) is 11.7 Å². The van der Waals surface area contributed by atoms with Gasteiger partial charge in [0.1, 0.15) is 4.99 Å². The van der Waals surface area contributed by atoms with Crippen molar-refractivity contribution in [3.63, 3.8) is 0 Å². The second-order valence-electron chi connectivity index (χ2n) is 5.67. The topological polar surface area (TPSA) is 58.4 Å². The Kier molecular flexibility index (Phi) is 5.31. The highest BCUT2D eigenvalue weighted by atomic mass is 32.1. The van der Waals surface area contributed by atoms with E-state index in [1.54, 1.807) is 7.05 Å². The lowest BCUT2D eigenvalue weighted by molar-refractivity contribution is -0.125. The van der Waals surface area contributed by atoms with E-state index in [2.05, 4.69) is 29.3 Å². The lowest BCUT2D eigenvalue weighted by Gasteiger charge is -2.31. The average Bonchev–Trinajstić information content (AvgIpc) is 2.49. The fourth-order valence-corrected chi connectivity index (χ4v) is 2.95. The van der Waals surface area contributed by atoms with Crippen LogP contribution in [-0.2, 0) is 11.3 Å². The van der Waals surface area contributed by atoms with Gasteiger partial charge >= 0.3 is 0 Å². The first-order valence-electron chi connectivity index (χ1n) is 7.34. The number of hydrogen-bond donors (Lipinski definition) is 2. The van der Waals surface area contributed by atoms with Gasteiger partial charge < -0.3 is 11.1 Å². The fourth-order valence-electron chi connectivity index (χ4n) is 2.82. The number of piperidine rings is 1. The average molecular weight is 305 g/mol. The van der Waals surface area contributed by atoms with Gasteiger partial charge in [-0.05, 0) is 50.0 Å². The van der Waals surface area contributed by atoms with Crippen LogP contribution in [0.5, 0.6) is 0 Å². The summed E-state index contributed by atoms with van der Waals surface area (Å²) in [4.78, 5) is 14.5. The van der Waals surface area contributed by atoms with Crippen LogP contribution in [0, 0.1) is 12.8 Å². The van der Waals surface area contributed by atoms with E-state index in [9.17, 15) is 4.79 Å². The number of thiocarbonyl (C=S) groups is 1. The number of nitrogens with two attached hydrogens (primary N) is 1. The largest absolute Gasteiger partial charge is 0.389 e. The number of likely N-dealkylation sites (tertiary alicyclic amines) is 1. The van der Waals surface area contributed by atoms with Crippen molar-refractivity contribution in [2.45, 2.75) is 26.3 Å². The molecule has 3 N–H and O–H groups in total. The molecular weight excluding hydrogens is 282 g/mol. The number of aryl methyl sites for hydroxylation is 1. The first-order valence-corrected chi connectivity index (χ1v) is 7.75. The summed E-state index contributed by atoms with van der Waals surface area (Å²) in [6.07, 6.45) is 1.87. The van der Waals surface area contributed by atoms with Crippen LogP contribution in [0.4, 0.5) is 0 Å². The zero-order chi connectivity index (χ0) is 15.4. The Morgan fingerprint density at radius 1 is 1.43 bits per heavy atom. The number of nitrogens with one attached hydrogen (secondary N) is 1. The van der Waals surface area contributed by atoms with Gasteiger partial charge in [-0.1, -0.05) is 24.4 Å². The van der Waals surface area contributed by atoms with Crippen molar-refractivity contribution >= 4 is 23.1 Å². The lowest BCUT2D eigenvalue weighted by atomic mass is 9.95. The summed E-state index contributed by atoms with van der Waals surface area (Å²) in [6.45, 7) is 4.95. The number of hydrogen-bond acceptors (Lipinski definition) is 3. The minimum atomic E-state index is 0.171. The van der Waals surface area contributed by atoms with Gasteiger partial charge in [0, 0.05) is 25.1 Å². The first kappa shape index (κ1) is 15.9. The summed E-state index contributed by atoms with van der Waals surface area (Å²) in [7, 11) is 1.71. The highest BCUT2D eigenvalue weighted by Crippen LogP contribution is 2.20. The minimum absolute atomic E-state index is 0.171. The molecule has 1 aromatic rings. The molecule has 1 saturated heterocycles. The Morgan fingerprint density at radius 3 is 2.62 bits per heavy atom. The summed E-state index contributed by atoms with van der Waals surface area (Å²) < 4.78 is 0. The third-order valence-corrected chi connectivity index (χ3v) is 4.46. The number of carbonyl (C=O) groups excluding carboxylic acids is 1. The fraction of sp³-hybridized carbons (Fsp3) is 0.500. The van der Waals surface area contributed by atoms with Crippen LogP contribution in [0.1, 0.15) is 29.5 Å². The van der Waals surface area contributed by atoms with Crippen molar-refractivity contribution in [1.82, 2.24) is 10.2 Å². The Morgan fingerprint density at radius 2 is 2.10 bits per heavy atom. The summed E-state index contributed by atoms with van der Waals surface area (Å²) >= 11 is 5.00. The van der Waals surface area contributed by atoms with E-state index in [4.69, 9.17) is 18.0 Å². The van der Waals surface area contributed by atoms with E-state index < -0.39 is 0 Å². The van der Waals surface area contributed by atoms with Gasteiger partial charge in [0.15, 0.2) is 0 Å². The number of rotatable bonds is 4. The normalized spacial score (nSPS) is 16.7. The van der Waals surface area contributed by atoms with Crippen molar-refractivity contribution in [3.05, 3.63) is 34.9 Å². The molecule has 0 aromatic heterocycles. The number of carbonyl (C=O) groups is 1. The highest BCUT2D eigenvalue weighted by Gasteiger charge is 2.24. The van der Waals surface area contributed by atoms with E-state index in [0.29, 0.717) is 4.99 Å². The van der Waals surface area contributed by atoms with E-state index >= 15 is 0 Å². The number of nitrogens with zero attached hydrogens (tertiary/aromatic N) is 1. The summed E-state index contributed by atoms with van der Waals surface area (Å²) in [5.41, 5.74) is 9.09. The molecule has 0 saturated carbocycles. The van der Waals surface area contributed by atoms with E-state index in [1.165, 1.54) is 11.1 Å². The van der Waals surface area contributed by atoms with Crippen molar-refractivity contribution in [1.29, 1.82) is 0 Å². The molecule has 4 nitrogen and oxygen atoms in total. The van der Waals surface area contributed by atoms with Crippen LogP contribution in [0.3, 0.4) is 0 Å². The van der Waals surface area contributed by atoms with Gasteiger partial charge in [-0.15, -0.1) is 0 Å². The first-order chi connectivity index (χ1) is 10.0. The molecule has 1 heterocycles. The van der Waals surface area contributed by atoms with Crippen LogP contribution in [-0.4, -0.2) is 35.9 Å². The zero-order valence-corrected chi connectivity index (χ0v) is 13.5. The second kappa shape index (κ2) is 7.00. The molecule has 1 aromatic carbocycles. The molecule has 1 amide bonds. The van der Waals surface area contributed by atoms with Crippen LogP contribution in [0.15, 0.2) is 18.2 Å². The standard InChI is InChI=1S/C16H23N3OS/c1-11-9-13(15(17)21)3-4-14(11)10-19-7-5-12(6-8-19)16(20)18-2/h3-4,9,12H,5-8,10H2,1-2H3,(H2,17,21)(H,18,20). The highest BCUT2D eigenvalue weighted by molar-refractivity contribution is 7.80. The van der Waals surface area contributed by atoms with Gasteiger partial charge in [-0.3, -0.25) is 9.69 Å². The number of amides is 1. The monoisotopic (exact) mass is 305 g/mol. The summed E-state index contributed by atoms with van der Waals surface area (Å²) in [5.74, 6) is 0.343. The van der Waals surface area contributed by atoms with Crippen molar-refractivity contribution in [2.75, 3.05) is 20.1 Å². The molecule has 0 spiro atoms. The molecular formula is C16H23N3OS. The molecule has 5 heteroatoms. The molecule has 2 rings (SSSR count). The number of benzene rings is 1. The Hall–Kier alpha value is -1.46. The second-order valence-corrected chi connectivity index (χ2v) is 6.11. The molecule has 0 aliphatic carbocycles. The van der Waals surface area contributed by atoms with Gasteiger partial charge in [0.2, 0.25) is 5.91 Å². The lowest BCUT2D eigenvalue weighted by Crippen LogP contribution is -2.39. The molecule has 0 bridgehead atoms. The van der Waals surface area contributed by atoms with Crippen LogP contribution in [0.25, 0.3) is 0 Å². The molecule has 0 radical (unpaired) electrons. The van der Waals surface area contributed by atoms with Gasteiger partial charge in [0.25, 0.3) is 0 Å². The van der Waals surface area contributed by atoms with Gasteiger partial charge in [-0.25, -0.2) is 0 Å². The molecule has 1 aliphatic heterocycles. The predicted octanol–water partition coefficient (Wildman–Crippen LogP) is 1.59. The molecule has 0 unspecified atom stereocenters. The van der Waals surface area contributed by atoms with Gasteiger partial charge in [-0.2, -0.15) is 0 Å². The quantitative estimate of drug-likeness (QED) is 0.830. The SMILES string of the molecule is CNC(=O)C1CCN(Cc2ccc(C(N)=S)cc2C)CC1. The molecule has 21 heavy (non-hydrogen) atoms. The molecule has 1 aliphatic rings. The third kappa shape index (κ3) is 4.02. The molecule has 114 valence electrons. The minimum Gasteiger partial charge on any atom is -0.389 e. The predicted molar refractivity (Wildman–Crippen MR) is 89.1 cm³/mol. The Labute approximate surface area is 131 Å². The maximum absolute atomic E-state index is 11.6. The van der Waals surface area contributed by atoms with E-state index in [1.807, 2.05) is 6.07 Å². The van der Waals surface area contributed by atoms with E-state index in [0.717, 1.165) is 38.0 Å². The summed E-state index contributed by atoms with van der Waals surface area (Å²) in [5, 5.41) is 2.74. The maximum atomic E-state index is 11.6. The summed E-state index contributed by atoms with van der Waals surface area (Å²) in [6, 6.07) is 6.14. The molecule has 0 atom stereocenters. The van der Waals surface area contributed by atoms with Crippen LogP contribution < -0.4 is 11.1 Å². The van der Waals surface area contributed by atoms with Gasteiger partial charge in [0.05, 0.1) is 0 Å². The maximum Gasteiger partial charge on any atom is 0.222 e. The third-order valence-electron chi connectivity index (χ3n) is 4.23. The Bertz CT molecular complexity index is 536. The van der Waals surface area contributed by atoms with Crippen molar-refractivity contribution < 1.29 is 4.79 Å². The van der Waals surface area contributed by atoms with Crippen LogP contribution in [0.2, 0.25) is 0 Å². The molecule has 1 fully saturated rings.